The molecule has 4 nitrogen and oxygen atoms in total. The van der Waals surface area contributed by atoms with Crippen LogP contribution < -0.4 is 5.32 Å². The predicted octanol–water partition coefficient (Wildman–Crippen LogP) is 3.26. The van der Waals surface area contributed by atoms with E-state index in [-0.39, 0.29) is 10.6 Å². The zero-order valence-electron chi connectivity index (χ0n) is 11.2. The van der Waals surface area contributed by atoms with Crippen LogP contribution in [0.2, 0.25) is 5.02 Å². The topological polar surface area (TPSA) is 66.4 Å². The smallest absolute Gasteiger partial charge is 0.322 e. The Morgan fingerprint density at radius 1 is 1.25 bits per heavy atom. The number of carbonyl (C=O) groups excluding carboxylic acids is 1. The lowest BCUT2D eigenvalue weighted by Gasteiger charge is -2.05. The highest BCUT2D eigenvalue weighted by molar-refractivity contribution is 6.33. The first-order valence-electron chi connectivity index (χ1n) is 5.56. The van der Waals surface area contributed by atoms with Gasteiger partial charge in [-0.05, 0) is 12.1 Å². The molecule has 0 aromatic heterocycles. The molecule has 1 rings (SSSR count). The highest BCUT2D eigenvalue weighted by Crippen LogP contribution is 2.19. The first-order chi connectivity index (χ1) is 9.41. The molecule has 1 amide bonds. The Morgan fingerprint density at radius 3 is 2.15 bits per heavy atom. The van der Waals surface area contributed by atoms with Gasteiger partial charge in [0.25, 0.3) is 5.91 Å². The summed E-state index contributed by atoms with van der Waals surface area (Å²) in [6.07, 6.45) is 0. The number of carboxylic acid groups (broad SMARTS) is 1. The normalized spacial score (nSPS) is 8.45. The standard InChI is InChI=1S/C9H6ClF2NO3.C2H6.C2H4/c10-5-2-7(12)6(11)1-4(5)9(16)13-3-8(14)15;2*1-2/h1-2H,3H2,(H,13,16)(H,14,15);1-2H3;1-2H2. The largest absolute Gasteiger partial charge is 0.480 e. The Morgan fingerprint density at radius 2 is 1.70 bits per heavy atom. The molecule has 0 bridgehead atoms. The fourth-order valence-electron chi connectivity index (χ4n) is 0.948. The fourth-order valence-corrected chi connectivity index (χ4v) is 1.18. The molecular weight excluding hydrogens is 292 g/mol. The number of halogens is 3. The van der Waals surface area contributed by atoms with Crippen LogP contribution in [-0.2, 0) is 4.79 Å². The van der Waals surface area contributed by atoms with Crippen molar-refractivity contribution in [3.63, 3.8) is 0 Å². The quantitative estimate of drug-likeness (QED) is 0.665. The number of amides is 1. The van der Waals surface area contributed by atoms with E-state index in [2.05, 4.69) is 13.2 Å². The third-order valence-electron chi connectivity index (χ3n) is 1.65. The van der Waals surface area contributed by atoms with Crippen LogP contribution in [-0.4, -0.2) is 23.5 Å². The molecule has 2 N–H and O–H groups in total. The lowest BCUT2D eigenvalue weighted by Crippen LogP contribution is -2.29. The van der Waals surface area contributed by atoms with E-state index in [0.29, 0.717) is 12.1 Å². The summed E-state index contributed by atoms with van der Waals surface area (Å²) < 4.78 is 25.4. The molecule has 7 heteroatoms. The molecule has 0 fully saturated rings. The van der Waals surface area contributed by atoms with Crippen LogP contribution in [0.1, 0.15) is 24.2 Å². The molecular formula is C13H16ClF2NO3. The number of aliphatic carboxylic acids is 1. The minimum Gasteiger partial charge on any atom is -0.480 e. The molecule has 0 aliphatic rings. The maximum Gasteiger partial charge on any atom is 0.322 e. The van der Waals surface area contributed by atoms with E-state index in [1.165, 1.54) is 0 Å². The second kappa shape index (κ2) is 10.9. The van der Waals surface area contributed by atoms with E-state index in [1.54, 1.807) is 0 Å². The van der Waals surface area contributed by atoms with E-state index >= 15 is 0 Å². The number of carbonyl (C=O) groups is 2. The second-order valence-corrected chi connectivity index (χ2v) is 3.23. The van der Waals surface area contributed by atoms with Crippen LogP contribution >= 0.6 is 11.6 Å². The van der Waals surface area contributed by atoms with E-state index in [1.807, 2.05) is 19.2 Å². The first-order valence-corrected chi connectivity index (χ1v) is 5.94. The number of carboxylic acids is 1. The number of rotatable bonds is 3. The summed E-state index contributed by atoms with van der Waals surface area (Å²) in [5, 5.41) is 9.98. The molecule has 112 valence electrons. The molecule has 0 aliphatic carbocycles. The maximum absolute atomic E-state index is 12.8. The summed E-state index contributed by atoms with van der Waals surface area (Å²) in [7, 11) is 0. The summed E-state index contributed by atoms with van der Waals surface area (Å²) in [5.74, 6) is -4.55. The van der Waals surface area contributed by atoms with Gasteiger partial charge in [-0.3, -0.25) is 9.59 Å². The number of hydrogen-bond donors (Lipinski definition) is 2. The molecule has 20 heavy (non-hydrogen) atoms. The summed E-state index contributed by atoms with van der Waals surface area (Å²) in [6.45, 7) is 9.37. The van der Waals surface area contributed by atoms with Gasteiger partial charge in [0, 0.05) is 0 Å². The Balaban J connectivity index is 0. The molecule has 0 saturated heterocycles. The lowest BCUT2D eigenvalue weighted by molar-refractivity contribution is -0.135. The number of benzene rings is 1. The van der Waals surface area contributed by atoms with Gasteiger partial charge in [-0.1, -0.05) is 25.4 Å². The summed E-state index contributed by atoms with van der Waals surface area (Å²) in [5.41, 5.74) is -0.318. The van der Waals surface area contributed by atoms with Gasteiger partial charge < -0.3 is 10.4 Å². The van der Waals surface area contributed by atoms with Crippen molar-refractivity contribution in [2.75, 3.05) is 6.54 Å². The van der Waals surface area contributed by atoms with Gasteiger partial charge >= 0.3 is 5.97 Å². The average Bonchev–Trinajstić information content (AvgIpc) is 2.44. The summed E-state index contributed by atoms with van der Waals surface area (Å²) in [6, 6.07) is 1.25. The molecule has 1 aromatic carbocycles. The summed E-state index contributed by atoms with van der Waals surface area (Å²) in [4.78, 5) is 21.4. The molecule has 0 saturated carbocycles. The average molecular weight is 308 g/mol. The summed E-state index contributed by atoms with van der Waals surface area (Å²) >= 11 is 5.50. The van der Waals surface area contributed by atoms with Crippen molar-refractivity contribution in [1.29, 1.82) is 0 Å². The Kier molecular flexibility index (Phi) is 11.1. The minimum atomic E-state index is -1.26. The SMILES string of the molecule is C=C.CC.O=C(O)CNC(=O)c1cc(F)c(F)cc1Cl. The van der Waals surface area contributed by atoms with Crippen LogP contribution in [0.4, 0.5) is 8.78 Å². The van der Waals surface area contributed by atoms with Gasteiger partial charge in [-0.15, -0.1) is 13.2 Å². The molecule has 0 radical (unpaired) electrons. The molecule has 0 aliphatic heterocycles. The van der Waals surface area contributed by atoms with Crippen LogP contribution in [0, 0.1) is 11.6 Å². The van der Waals surface area contributed by atoms with Crippen molar-refractivity contribution in [3.8, 4) is 0 Å². The third kappa shape index (κ3) is 6.84. The Labute approximate surface area is 121 Å². The van der Waals surface area contributed by atoms with Crippen molar-refractivity contribution in [3.05, 3.63) is 47.5 Å². The van der Waals surface area contributed by atoms with Gasteiger partial charge in [0.2, 0.25) is 0 Å². The molecule has 1 aromatic rings. The number of hydrogen-bond acceptors (Lipinski definition) is 2. The van der Waals surface area contributed by atoms with Crippen molar-refractivity contribution in [1.82, 2.24) is 5.32 Å². The van der Waals surface area contributed by atoms with Crippen LogP contribution in [0.5, 0.6) is 0 Å². The van der Waals surface area contributed by atoms with Gasteiger partial charge in [-0.25, -0.2) is 8.78 Å². The van der Waals surface area contributed by atoms with E-state index in [9.17, 15) is 18.4 Å². The van der Waals surface area contributed by atoms with Crippen molar-refractivity contribution >= 4 is 23.5 Å². The van der Waals surface area contributed by atoms with Gasteiger partial charge in [0.1, 0.15) is 6.54 Å². The first kappa shape index (κ1) is 20.4. The Bertz CT molecular complexity index is 467. The van der Waals surface area contributed by atoms with E-state index in [4.69, 9.17) is 16.7 Å². The van der Waals surface area contributed by atoms with E-state index in [0.717, 1.165) is 0 Å². The molecule has 0 atom stereocenters. The van der Waals surface area contributed by atoms with Crippen LogP contribution in [0.15, 0.2) is 25.3 Å². The molecule has 0 unspecified atom stereocenters. The molecule has 0 heterocycles. The highest BCUT2D eigenvalue weighted by atomic mass is 35.5. The van der Waals surface area contributed by atoms with Crippen molar-refractivity contribution in [2.24, 2.45) is 0 Å². The van der Waals surface area contributed by atoms with Crippen LogP contribution in [0.3, 0.4) is 0 Å². The minimum absolute atomic E-state index is 0.290. The Hall–Kier alpha value is -1.95. The van der Waals surface area contributed by atoms with Gasteiger partial charge in [-0.2, -0.15) is 0 Å². The molecule has 0 spiro atoms. The zero-order chi connectivity index (χ0) is 16.3. The van der Waals surface area contributed by atoms with E-state index < -0.39 is 30.1 Å². The second-order valence-electron chi connectivity index (χ2n) is 2.82. The third-order valence-corrected chi connectivity index (χ3v) is 1.97. The van der Waals surface area contributed by atoms with Crippen LogP contribution in [0.25, 0.3) is 0 Å². The fraction of sp³-hybridized carbons (Fsp3) is 0.231. The number of nitrogens with one attached hydrogen (secondary N) is 1. The van der Waals surface area contributed by atoms with Crippen molar-refractivity contribution in [2.45, 2.75) is 13.8 Å². The monoisotopic (exact) mass is 307 g/mol. The maximum atomic E-state index is 12.8. The van der Waals surface area contributed by atoms with Crippen molar-refractivity contribution < 1.29 is 23.5 Å². The van der Waals surface area contributed by atoms with Gasteiger partial charge in [0.15, 0.2) is 11.6 Å². The lowest BCUT2D eigenvalue weighted by atomic mass is 10.2. The predicted molar refractivity (Wildman–Crippen MR) is 73.9 cm³/mol. The zero-order valence-corrected chi connectivity index (χ0v) is 11.9. The highest BCUT2D eigenvalue weighted by Gasteiger charge is 2.15. The van der Waals surface area contributed by atoms with Gasteiger partial charge in [0.05, 0.1) is 10.6 Å².